The maximum atomic E-state index is 12.9. The van der Waals surface area contributed by atoms with Crippen LogP contribution in [-0.4, -0.2) is 18.8 Å². The molecule has 150 valence electrons. The smallest absolute Gasteiger partial charge is 0.255 e. The van der Waals surface area contributed by atoms with Gasteiger partial charge in [0.2, 0.25) is 5.78 Å². The van der Waals surface area contributed by atoms with Crippen molar-refractivity contribution in [3.8, 4) is 5.75 Å². The first-order valence-electron chi connectivity index (χ1n) is 9.56. The third kappa shape index (κ3) is 3.70. The molecule has 4 aromatic rings. The summed E-state index contributed by atoms with van der Waals surface area (Å²) in [6, 6.07) is 19.7. The molecule has 0 spiro atoms. The average molecular weight is 399 g/mol. The van der Waals surface area contributed by atoms with E-state index in [1.165, 1.54) is 0 Å². The zero-order valence-corrected chi connectivity index (χ0v) is 17.0. The van der Waals surface area contributed by atoms with E-state index >= 15 is 0 Å². The lowest BCUT2D eigenvalue weighted by molar-refractivity contribution is 0.101. The van der Waals surface area contributed by atoms with Crippen LogP contribution in [0.25, 0.3) is 11.0 Å². The highest BCUT2D eigenvalue weighted by molar-refractivity contribution is 6.11. The minimum Gasteiger partial charge on any atom is -0.497 e. The number of carbonyl (C=O) groups is 2. The van der Waals surface area contributed by atoms with Crippen LogP contribution in [0.1, 0.15) is 37.6 Å². The fourth-order valence-electron chi connectivity index (χ4n) is 3.38. The second-order valence-electron chi connectivity index (χ2n) is 7.15. The Morgan fingerprint density at radius 1 is 0.900 bits per heavy atom. The van der Waals surface area contributed by atoms with Crippen molar-refractivity contribution < 1.29 is 18.7 Å². The number of aryl methyl sites for hydroxylation is 2. The zero-order chi connectivity index (χ0) is 21.3. The van der Waals surface area contributed by atoms with Crippen molar-refractivity contribution in [1.82, 2.24) is 0 Å². The van der Waals surface area contributed by atoms with E-state index in [-0.39, 0.29) is 17.5 Å². The topological polar surface area (TPSA) is 68.5 Å². The number of hydrogen-bond donors (Lipinski definition) is 1. The van der Waals surface area contributed by atoms with Crippen LogP contribution in [0.15, 0.2) is 71.1 Å². The Morgan fingerprint density at radius 3 is 2.37 bits per heavy atom. The second-order valence-corrected chi connectivity index (χ2v) is 7.15. The van der Waals surface area contributed by atoms with Crippen molar-refractivity contribution in [2.24, 2.45) is 0 Å². The number of carbonyl (C=O) groups excluding carboxylic acids is 2. The van der Waals surface area contributed by atoms with Crippen LogP contribution in [0.4, 0.5) is 5.69 Å². The number of methoxy groups -OCH3 is 1. The molecule has 3 aromatic carbocycles. The molecule has 0 radical (unpaired) electrons. The molecule has 5 nitrogen and oxygen atoms in total. The molecule has 0 unspecified atom stereocenters. The molecule has 0 fully saturated rings. The third-order valence-electron chi connectivity index (χ3n) is 5.03. The molecule has 0 aliphatic rings. The molecule has 30 heavy (non-hydrogen) atoms. The highest BCUT2D eigenvalue weighted by Gasteiger charge is 2.20. The molecule has 0 saturated carbocycles. The lowest BCUT2D eigenvalue weighted by atomic mass is 10.0. The van der Waals surface area contributed by atoms with Crippen LogP contribution in [0.5, 0.6) is 5.75 Å². The molecule has 1 amide bonds. The monoisotopic (exact) mass is 399 g/mol. The number of fused-ring (bicyclic) bond motifs is 1. The first kappa shape index (κ1) is 19.5. The summed E-state index contributed by atoms with van der Waals surface area (Å²) in [4.78, 5) is 25.4. The molecule has 1 N–H and O–H groups in total. The SMILES string of the molecule is COc1ccc(C(=O)c2oc3cc(NC(=O)c4cccc(C)c4)ccc3c2C)cc1. The summed E-state index contributed by atoms with van der Waals surface area (Å²) in [6.07, 6.45) is 0. The molecule has 0 saturated heterocycles. The van der Waals surface area contributed by atoms with E-state index in [4.69, 9.17) is 9.15 Å². The Morgan fingerprint density at radius 2 is 1.67 bits per heavy atom. The molecule has 0 bridgehead atoms. The molecule has 4 rings (SSSR count). The van der Waals surface area contributed by atoms with E-state index in [0.29, 0.717) is 28.1 Å². The van der Waals surface area contributed by atoms with Crippen LogP contribution < -0.4 is 10.1 Å². The van der Waals surface area contributed by atoms with Crippen molar-refractivity contribution in [1.29, 1.82) is 0 Å². The highest BCUT2D eigenvalue weighted by atomic mass is 16.5. The number of ketones is 1. The molecule has 0 aliphatic carbocycles. The molecule has 0 aliphatic heterocycles. The zero-order valence-electron chi connectivity index (χ0n) is 17.0. The molecule has 0 atom stereocenters. The van der Waals surface area contributed by atoms with Gasteiger partial charge in [0.25, 0.3) is 5.91 Å². The standard InChI is InChI=1S/C25H21NO4/c1-15-5-4-6-18(13-15)25(28)26-19-9-12-21-16(2)24(30-22(21)14-19)23(27)17-7-10-20(29-3)11-8-17/h4-14H,1-3H3,(H,26,28). The summed E-state index contributed by atoms with van der Waals surface area (Å²) in [7, 11) is 1.58. The first-order chi connectivity index (χ1) is 14.5. The Kier molecular flexibility index (Phi) is 5.11. The first-order valence-corrected chi connectivity index (χ1v) is 9.56. The normalized spacial score (nSPS) is 10.8. The summed E-state index contributed by atoms with van der Waals surface area (Å²) < 4.78 is 11.0. The summed E-state index contributed by atoms with van der Waals surface area (Å²) >= 11 is 0. The summed E-state index contributed by atoms with van der Waals surface area (Å²) in [5, 5.41) is 3.72. The molecule has 1 aromatic heterocycles. The minimum atomic E-state index is -0.198. The Hall–Kier alpha value is -3.86. The van der Waals surface area contributed by atoms with Gasteiger partial charge in [0.15, 0.2) is 5.76 Å². The predicted octanol–water partition coefficient (Wildman–Crippen LogP) is 5.54. The van der Waals surface area contributed by atoms with Gasteiger partial charge in [-0.25, -0.2) is 0 Å². The number of ether oxygens (including phenoxy) is 1. The van der Waals surface area contributed by atoms with Crippen molar-refractivity contribution >= 4 is 28.3 Å². The maximum absolute atomic E-state index is 12.9. The van der Waals surface area contributed by atoms with Gasteiger partial charge in [-0.3, -0.25) is 9.59 Å². The fourth-order valence-corrected chi connectivity index (χ4v) is 3.38. The van der Waals surface area contributed by atoms with E-state index in [0.717, 1.165) is 16.5 Å². The number of benzene rings is 3. The van der Waals surface area contributed by atoms with Crippen molar-refractivity contribution in [2.75, 3.05) is 12.4 Å². The molecule has 1 heterocycles. The van der Waals surface area contributed by atoms with Gasteiger partial charge < -0.3 is 14.5 Å². The molecular formula is C25H21NO4. The number of anilines is 1. The van der Waals surface area contributed by atoms with Crippen LogP contribution in [0.2, 0.25) is 0 Å². The van der Waals surface area contributed by atoms with Crippen LogP contribution in [-0.2, 0) is 0 Å². The largest absolute Gasteiger partial charge is 0.497 e. The van der Waals surface area contributed by atoms with Gasteiger partial charge in [0.1, 0.15) is 11.3 Å². The predicted molar refractivity (Wildman–Crippen MR) is 117 cm³/mol. The Balaban J connectivity index is 1.62. The van der Waals surface area contributed by atoms with Crippen molar-refractivity contribution in [3.05, 3.63) is 94.7 Å². The van der Waals surface area contributed by atoms with E-state index < -0.39 is 0 Å². The number of nitrogens with one attached hydrogen (secondary N) is 1. The van der Waals surface area contributed by atoms with Gasteiger partial charge in [-0.05, 0) is 62.4 Å². The minimum absolute atomic E-state index is 0.198. The van der Waals surface area contributed by atoms with Crippen LogP contribution in [0.3, 0.4) is 0 Å². The number of amides is 1. The van der Waals surface area contributed by atoms with Crippen molar-refractivity contribution in [2.45, 2.75) is 13.8 Å². The van der Waals surface area contributed by atoms with Crippen molar-refractivity contribution in [3.63, 3.8) is 0 Å². The van der Waals surface area contributed by atoms with Crippen LogP contribution >= 0.6 is 0 Å². The quantitative estimate of drug-likeness (QED) is 0.447. The average Bonchev–Trinajstić information content (AvgIpc) is 3.09. The fraction of sp³-hybridized carbons (Fsp3) is 0.120. The summed E-state index contributed by atoms with van der Waals surface area (Å²) in [5.74, 6) is 0.576. The van der Waals surface area contributed by atoms with Gasteiger partial charge in [-0.15, -0.1) is 0 Å². The molecular weight excluding hydrogens is 378 g/mol. The number of rotatable bonds is 5. The Labute approximate surface area is 174 Å². The van der Waals surface area contributed by atoms with Gasteiger partial charge in [0.05, 0.1) is 7.11 Å². The summed E-state index contributed by atoms with van der Waals surface area (Å²) in [6.45, 7) is 3.80. The lowest BCUT2D eigenvalue weighted by Gasteiger charge is -2.06. The number of hydrogen-bond acceptors (Lipinski definition) is 4. The van der Waals surface area contributed by atoms with Gasteiger partial charge in [0, 0.05) is 33.8 Å². The maximum Gasteiger partial charge on any atom is 0.255 e. The lowest BCUT2D eigenvalue weighted by Crippen LogP contribution is -2.11. The van der Waals surface area contributed by atoms with E-state index in [9.17, 15) is 9.59 Å². The second kappa shape index (κ2) is 7.87. The van der Waals surface area contributed by atoms with E-state index in [1.807, 2.05) is 38.1 Å². The van der Waals surface area contributed by atoms with E-state index in [1.54, 1.807) is 49.6 Å². The number of furan rings is 1. The van der Waals surface area contributed by atoms with Crippen LogP contribution in [0, 0.1) is 13.8 Å². The highest BCUT2D eigenvalue weighted by Crippen LogP contribution is 2.30. The van der Waals surface area contributed by atoms with Gasteiger partial charge >= 0.3 is 0 Å². The van der Waals surface area contributed by atoms with E-state index in [2.05, 4.69) is 5.32 Å². The molecule has 5 heteroatoms. The Bertz CT molecular complexity index is 1250. The summed E-state index contributed by atoms with van der Waals surface area (Å²) in [5.41, 5.74) is 4.04. The van der Waals surface area contributed by atoms with Gasteiger partial charge in [-0.2, -0.15) is 0 Å². The van der Waals surface area contributed by atoms with Gasteiger partial charge in [-0.1, -0.05) is 17.7 Å². The third-order valence-corrected chi connectivity index (χ3v) is 5.03.